The van der Waals surface area contributed by atoms with Crippen molar-refractivity contribution < 1.29 is 37.9 Å². The molecular formula is C41H46N2O8. The van der Waals surface area contributed by atoms with Crippen LogP contribution in [-0.4, -0.2) is 81.9 Å². The Labute approximate surface area is 299 Å². The number of methoxy groups -OCH3 is 7. The van der Waals surface area contributed by atoms with Crippen LogP contribution in [0.1, 0.15) is 28.3 Å². The summed E-state index contributed by atoms with van der Waals surface area (Å²) in [5.41, 5.74) is 5.76. The van der Waals surface area contributed by atoms with Gasteiger partial charge in [-0.05, 0) is 96.2 Å². The van der Waals surface area contributed by atoms with Crippen molar-refractivity contribution in [3.63, 3.8) is 0 Å². The van der Waals surface area contributed by atoms with E-state index < -0.39 is 0 Å². The topological polar surface area (TPSA) is 80.3 Å². The van der Waals surface area contributed by atoms with Crippen LogP contribution in [0.15, 0.2) is 48.5 Å². The van der Waals surface area contributed by atoms with E-state index >= 15 is 0 Å². The summed E-state index contributed by atoms with van der Waals surface area (Å²) in [6.07, 6.45) is 2.47. The zero-order valence-corrected chi connectivity index (χ0v) is 30.9. The van der Waals surface area contributed by atoms with Crippen LogP contribution >= 0.6 is 0 Å². The summed E-state index contributed by atoms with van der Waals surface area (Å²) >= 11 is 0. The van der Waals surface area contributed by atoms with Gasteiger partial charge in [0.05, 0.1) is 49.8 Å². The van der Waals surface area contributed by atoms with Crippen molar-refractivity contribution in [1.82, 2.24) is 4.90 Å². The first-order valence-corrected chi connectivity index (χ1v) is 17.1. The minimum Gasteiger partial charge on any atom is -0.493 e. The molecule has 2 aliphatic heterocycles. The van der Waals surface area contributed by atoms with Gasteiger partial charge in [0.2, 0.25) is 0 Å². The van der Waals surface area contributed by atoms with Gasteiger partial charge in [0.1, 0.15) is 5.75 Å². The maximum absolute atomic E-state index is 6.89. The fourth-order valence-electron chi connectivity index (χ4n) is 7.78. The molecule has 0 unspecified atom stereocenters. The lowest BCUT2D eigenvalue weighted by atomic mass is 9.88. The van der Waals surface area contributed by atoms with Gasteiger partial charge in [-0.25, -0.2) is 0 Å². The molecule has 0 bridgehead atoms. The standard InChI is InChI=1S/C41H46N2O8/c1-42-12-10-23-16-32(44-3)34(46-5)20-27(23)29(42)15-26-19-33(45-4)36(48-7)22-31(26)51-37-18-25-14-30-39-24(11-13-43(30)2)17-38(49-8)41(50-9)40(39)28(25)21-35(37)47-6/h14,16-22,29H,10-13,15H2,1-9H3/t29-/m0/s1. The summed E-state index contributed by atoms with van der Waals surface area (Å²) in [6.45, 7) is 1.80. The van der Waals surface area contributed by atoms with E-state index in [1.807, 2.05) is 24.3 Å². The summed E-state index contributed by atoms with van der Waals surface area (Å²) in [5.74, 6) is 5.86. The number of benzene rings is 5. The molecule has 10 nitrogen and oxygen atoms in total. The van der Waals surface area contributed by atoms with Crippen LogP contribution < -0.4 is 42.8 Å². The zero-order chi connectivity index (χ0) is 36.0. The number of rotatable bonds is 11. The molecule has 5 aromatic carbocycles. The number of nitrogens with zero attached hydrogens (tertiary/aromatic N) is 2. The monoisotopic (exact) mass is 694 g/mol. The fraction of sp³-hybridized carbons (Fsp3) is 0.366. The van der Waals surface area contributed by atoms with Crippen LogP contribution in [0.25, 0.3) is 21.5 Å². The van der Waals surface area contributed by atoms with E-state index in [0.717, 1.165) is 64.5 Å². The lowest BCUT2D eigenvalue weighted by molar-refractivity contribution is 0.226. The minimum atomic E-state index is 0.0409. The number of hydrogen-bond acceptors (Lipinski definition) is 10. The predicted molar refractivity (Wildman–Crippen MR) is 200 cm³/mol. The van der Waals surface area contributed by atoms with Gasteiger partial charge in [-0.2, -0.15) is 0 Å². The average molecular weight is 695 g/mol. The molecule has 51 heavy (non-hydrogen) atoms. The molecule has 268 valence electrons. The Hall–Kier alpha value is -5.22. The normalized spacial score (nSPS) is 15.4. The highest BCUT2D eigenvalue weighted by molar-refractivity contribution is 6.18. The van der Waals surface area contributed by atoms with Crippen molar-refractivity contribution in [2.45, 2.75) is 25.3 Å². The van der Waals surface area contributed by atoms with Crippen LogP contribution in [0.5, 0.6) is 51.7 Å². The Balaban J connectivity index is 1.38. The summed E-state index contributed by atoms with van der Waals surface area (Å²) in [6, 6.07) is 16.6. The first kappa shape index (κ1) is 34.2. The molecule has 10 heteroatoms. The second kappa shape index (κ2) is 13.8. The fourth-order valence-corrected chi connectivity index (χ4v) is 7.78. The first-order chi connectivity index (χ1) is 24.8. The highest BCUT2D eigenvalue weighted by Gasteiger charge is 2.30. The van der Waals surface area contributed by atoms with E-state index in [2.05, 4.69) is 48.2 Å². The second-order valence-electron chi connectivity index (χ2n) is 13.1. The van der Waals surface area contributed by atoms with Crippen molar-refractivity contribution in [2.24, 2.45) is 0 Å². The summed E-state index contributed by atoms with van der Waals surface area (Å²) in [7, 11) is 15.9. The van der Waals surface area contributed by atoms with E-state index in [1.54, 1.807) is 49.8 Å². The molecule has 0 spiro atoms. The van der Waals surface area contributed by atoms with Crippen molar-refractivity contribution in [2.75, 3.05) is 81.9 Å². The molecule has 0 fully saturated rings. The van der Waals surface area contributed by atoms with Crippen LogP contribution in [0.3, 0.4) is 0 Å². The maximum Gasteiger partial charge on any atom is 0.169 e. The second-order valence-corrected chi connectivity index (χ2v) is 13.1. The predicted octanol–water partition coefficient (Wildman–Crippen LogP) is 7.61. The molecule has 0 saturated carbocycles. The SMILES string of the molecule is COc1cc(C[C@H]2c3cc(OC)c(OC)cc3CCN2C)c(Oc2cc3cc4c5c(cc(OC)c(OC)c5c3cc2OC)CCN4C)cc1OC. The molecule has 0 aliphatic carbocycles. The summed E-state index contributed by atoms with van der Waals surface area (Å²) in [5, 5.41) is 4.14. The molecule has 5 aromatic rings. The van der Waals surface area contributed by atoms with E-state index in [-0.39, 0.29) is 6.04 Å². The molecule has 0 radical (unpaired) electrons. The van der Waals surface area contributed by atoms with Crippen molar-refractivity contribution >= 4 is 27.2 Å². The third-order valence-electron chi connectivity index (χ3n) is 10.5. The Morgan fingerprint density at radius 1 is 0.549 bits per heavy atom. The first-order valence-electron chi connectivity index (χ1n) is 17.1. The number of likely N-dealkylation sites (N-methyl/N-ethyl adjacent to an activating group) is 2. The molecule has 2 aliphatic rings. The van der Waals surface area contributed by atoms with Gasteiger partial charge in [-0.3, -0.25) is 4.90 Å². The Morgan fingerprint density at radius 3 is 1.84 bits per heavy atom. The third-order valence-corrected chi connectivity index (χ3v) is 10.5. The molecule has 2 heterocycles. The third kappa shape index (κ3) is 5.81. The highest BCUT2D eigenvalue weighted by Crippen LogP contribution is 2.50. The summed E-state index contributed by atoms with van der Waals surface area (Å²) in [4.78, 5) is 4.66. The lowest BCUT2D eigenvalue weighted by Gasteiger charge is -2.35. The van der Waals surface area contributed by atoms with Crippen molar-refractivity contribution in [1.29, 1.82) is 0 Å². The minimum absolute atomic E-state index is 0.0409. The molecule has 0 aromatic heterocycles. The Bertz CT molecular complexity index is 2130. The zero-order valence-electron chi connectivity index (χ0n) is 30.9. The van der Waals surface area contributed by atoms with Gasteiger partial charge >= 0.3 is 0 Å². The molecule has 7 rings (SSSR count). The average Bonchev–Trinajstić information content (AvgIpc) is 3.16. The number of fused-ring (bicyclic) bond motifs is 3. The summed E-state index contributed by atoms with van der Waals surface area (Å²) < 4.78 is 47.7. The van der Waals surface area contributed by atoms with Gasteiger partial charge in [-0.1, -0.05) is 0 Å². The van der Waals surface area contributed by atoms with E-state index in [4.69, 9.17) is 37.9 Å². The molecule has 1 atom stereocenters. The van der Waals surface area contributed by atoms with Gasteiger partial charge in [-0.15, -0.1) is 0 Å². The number of hydrogen-bond donors (Lipinski definition) is 0. The van der Waals surface area contributed by atoms with Gasteiger partial charge in [0.15, 0.2) is 46.0 Å². The number of anilines is 1. The van der Waals surface area contributed by atoms with E-state index in [1.165, 1.54) is 16.7 Å². The molecule has 0 saturated heterocycles. The molecule has 0 N–H and O–H groups in total. The number of ether oxygens (including phenoxy) is 8. The van der Waals surface area contributed by atoms with Gasteiger partial charge in [0.25, 0.3) is 0 Å². The van der Waals surface area contributed by atoms with Crippen molar-refractivity contribution in [3.05, 3.63) is 70.8 Å². The highest BCUT2D eigenvalue weighted by atomic mass is 16.5. The van der Waals surface area contributed by atoms with Gasteiger partial charge in [0, 0.05) is 54.3 Å². The van der Waals surface area contributed by atoms with Gasteiger partial charge < -0.3 is 42.8 Å². The lowest BCUT2D eigenvalue weighted by Crippen LogP contribution is -2.33. The van der Waals surface area contributed by atoms with E-state index in [9.17, 15) is 0 Å². The molecular weight excluding hydrogens is 648 g/mol. The Kier molecular flexibility index (Phi) is 9.28. The van der Waals surface area contributed by atoms with E-state index in [0.29, 0.717) is 52.4 Å². The Morgan fingerprint density at radius 2 is 1.16 bits per heavy atom. The van der Waals surface area contributed by atoms with Crippen LogP contribution in [-0.2, 0) is 19.3 Å². The van der Waals surface area contributed by atoms with Crippen molar-refractivity contribution in [3.8, 4) is 51.7 Å². The largest absolute Gasteiger partial charge is 0.493 e. The quantitative estimate of drug-likeness (QED) is 0.129. The molecule has 0 amide bonds. The maximum atomic E-state index is 6.89. The van der Waals surface area contributed by atoms with Crippen LogP contribution in [0.2, 0.25) is 0 Å². The smallest absolute Gasteiger partial charge is 0.169 e. The van der Waals surface area contributed by atoms with Crippen LogP contribution in [0, 0.1) is 0 Å². The van der Waals surface area contributed by atoms with Crippen LogP contribution in [0.4, 0.5) is 5.69 Å².